The lowest BCUT2D eigenvalue weighted by atomic mass is 10.2. The summed E-state index contributed by atoms with van der Waals surface area (Å²) < 4.78 is 7.58. The van der Waals surface area contributed by atoms with E-state index >= 15 is 0 Å². The van der Waals surface area contributed by atoms with Crippen LogP contribution in [0.2, 0.25) is 5.02 Å². The van der Waals surface area contributed by atoms with Crippen LogP contribution in [-0.4, -0.2) is 27.8 Å². The fourth-order valence-electron chi connectivity index (χ4n) is 2.20. The van der Waals surface area contributed by atoms with Crippen molar-refractivity contribution < 1.29 is 9.53 Å². The molecule has 1 amide bonds. The van der Waals surface area contributed by atoms with E-state index in [4.69, 9.17) is 16.3 Å². The van der Waals surface area contributed by atoms with Crippen molar-refractivity contribution in [3.8, 4) is 5.75 Å². The first-order chi connectivity index (χ1) is 10.5. The van der Waals surface area contributed by atoms with Crippen LogP contribution in [0.1, 0.15) is 16.1 Å². The van der Waals surface area contributed by atoms with Gasteiger partial charge in [0, 0.05) is 7.05 Å². The van der Waals surface area contributed by atoms with Gasteiger partial charge in [-0.3, -0.25) is 14.8 Å². The van der Waals surface area contributed by atoms with Crippen molar-refractivity contribution in [3.63, 3.8) is 0 Å². The van der Waals surface area contributed by atoms with E-state index in [-0.39, 0.29) is 5.91 Å². The Morgan fingerprint density at radius 2 is 2.23 bits per heavy atom. The number of ether oxygens (including phenoxy) is 1. The first kappa shape index (κ1) is 14.8. The second-order valence-electron chi connectivity index (χ2n) is 4.70. The van der Waals surface area contributed by atoms with Crippen LogP contribution in [0.3, 0.4) is 0 Å². The quantitative estimate of drug-likeness (QED) is 0.797. The van der Waals surface area contributed by atoms with E-state index in [0.29, 0.717) is 27.1 Å². The minimum absolute atomic E-state index is 0.258. The van der Waals surface area contributed by atoms with Crippen LogP contribution in [0.15, 0.2) is 18.3 Å². The number of carbonyl (C=O) groups is 1. The zero-order valence-electron chi connectivity index (χ0n) is 12.2. The van der Waals surface area contributed by atoms with Crippen molar-refractivity contribution in [1.29, 1.82) is 0 Å². The smallest absolute Gasteiger partial charge is 0.275 e. The molecule has 0 atom stereocenters. The summed E-state index contributed by atoms with van der Waals surface area (Å²) in [6.45, 7) is 1.83. The van der Waals surface area contributed by atoms with Gasteiger partial charge in [0.25, 0.3) is 5.91 Å². The normalized spacial score (nSPS) is 10.9. The molecule has 8 heteroatoms. The fraction of sp³-hybridized carbons (Fsp3) is 0.214. The summed E-state index contributed by atoms with van der Waals surface area (Å²) in [5.41, 5.74) is 1.94. The van der Waals surface area contributed by atoms with E-state index in [1.165, 1.54) is 16.0 Å². The minimum atomic E-state index is -0.258. The van der Waals surface area contributed by atoms with Crippen molar-refractivity contribution in [2.75, 3.05) is 12.4 Å². The Morgan fingerprint density at radius 1 is 1.45 bits per heavy atom. The van der Waals surface area contributed by atoms with Gasteiger partial charge in [-0.25, -0.2) is 4.98 Å². The fourth-order valence-corrected chi connectivity index (χ4v) is 3.35. The summed E-state index contributed by atoms with van der Waals surface area (Å²) in [6, 6.07) is 3.50. The van der Waals surface area contributed by atoms with Crippen molar-refractivity contribution in [3.05, 3.63) is 34.6 Å². The molecule has 3 rings (SSSR count). The molecule has 3 aromatic rings. The SMILES string of the molecule is COc1ccc(Cl)c2sc(NC(=O)c3c(C)cnn3C)nc12. The zero-order valence-corrected chi connectivity index (χ0v) is 13.7. The van der Waals surface area contributed by atoms with Crippen molar-refractivity contribution in [2.24, 2.45) is 7.05 Å². The molecule has 0 saturated heterocycles. The molecule has 0 radical (unpaired) electrons. The molecule has 114 valence electrons. The van der Waals surface area contributed by atoms with E-state index in [0.717, 1.165) is 10.3 Å². The number of benzene rings is 1. The highest BCUT2D eigenvalue weighted by atomic mass is 35.5. The third kappa shape index (κ3) is 2.42. The van der Waals surface area contributed by atoms with Crippen molar-refractivity contribution in [2.45, 2.75) is 6.92 Å². The van der Waals surface area contributed by atoms with Gasteiger partial charge in [0.2, 0.25) is 0 Å². The molecule has 2 heterocycles. The number of anilines is 1. The van der Waals surface area contributed by atoms with Gasteiger partial charge in [0.1, 0.15) is 17.0 Å². The van der Waals surface area contributed by atoms with Crippen LogP contribution >= 0.6 is 22.9 Å². The largest absolute Gasteiger partial charge is 0.494 e. The van der Waals surface area contributed by atoms with E-state index < -0.39 is 0 Å². The predicted octanol–water partition coefficient (Wildman–Crippen LogP) is 3.25. The summed E-state index contributed by atoms with van der Waals surface area (Å²) >= 11 is 7.48. The van der Waals surface area contributed by atoms with Crippen LogP contribution in [0.5, 0.6) is 5.75 Å². The summed E-state index contributed by atoms with van der Waals surface area (Å²) in [5.74, 6) is 0.361. The van der Waals surface area contributed by atoms with Crippen LogP contribution in [0.4, 0.5) is 5.13 Å². The number of halogens is 1. The number of nitrogens with zero attached hydrogens (tertiary/aromatic N) is 3. The number of nitrogens with one attached hydrogen (secondary N) is 1. The predicted molar refractivity (Wildman–Crippen MR) is 87.1 cm³/mol. The number of aryl methyl sites for hydroxylation is 2. The number of fused-ring (bicyclic) bond motifs is 1. The third-order valence-corrected chi connectivity index (χ3v) is 4.67. The van der Waals surface area contributed by atoms with Crippen molar-refractivity contribution in [1.82, 2.24) is 14.8 Å². The van der Waals surface area contributed by atoms with Gasteiger partial charge in [0.05, 0.1) is 23.0 Å². The Labute approximate surface area is 135 Å². The van der Waals surface area contributed by atoms with E-state index in [9.17, 15) is 4.79 Å². The van der Waals surface area contributed by atoms with E-state index in [2.05, 4.69) is 15.4 Å². The highest BCUT2D eigenvalue weighted by Gasteiger charge is 2.18. The maximum absolute atomic E-state index is 12.4. The van der Waals surface area contributed by atoms with Gasteiger partial charge in [-0.1, -0.05) is 22.9 Å². The Balaban J connectivity index is 1.98. The maximum Gasteiger partial charge on any atom is 0.275 e. The molecule has 6 nitrogen and oxygen atoms in total. The van der Waals surface area contributed by atoms with Gasteiger partial charge < -0.3 is 4.74 Å². The summed E-state index contributed by atoms with van der Waals surface area (Å²) in [6.07, 6.45) is 1.65. The molecule has 0 aliphatic heterocycles. The summed E-state index contributed by atoms with van der Waals surface area (Å²) in [4.78, 5) is 16.8. The maximum atomic E-state index is 12.4. The topological polar surface area (TPSA) is 69.0 Å². The minimum Gasteiger partial charge on any atom is -0.494 e. The van der Waals surface area contributed by atoms with Gasteiger partial charge in [0.15, 0.2) is 5.13 Å². The molecular formula is C14H13ClN4O2S. The molecular weight excluding hydrogens is 324 g/mol. The molecule has 1 N–H and O–H groups in total. The lowest BCUT2D eigenvalue weighted by Gasteiger charge is -2.03. The molecule has 1 aromatic carbocycles. The number of thiazole rings is 1. The standard InChI is InChI=1S/C14H13ClN4O2S/c1-7-6-16-19(2)11(7)13(20)18-14-17-10-9(21-3)5-4-8(15)12(10)22-14/h4-6H,1-3H3,(H,17,18,20). The number of hydrogen-bond acceptors (Lipinski definition) is 5. The molecule has 0 bridgehead atoms. The highest BCUT2D eigenvalue weighted by Crippen LogP contribution is 2.37. The Hall–Kier alpha value is -2.12. The lowest BCUT2D eigenvalue weighted by molar-refractivity contribution is 0.101. The molecule has 2 aromatic heterocycles. The third-order valence-electron chi connectivity index (χ3n) is 3.24. The number of amides is 1. The van der Waals surface area contributed by atoms with Crippen LogP contribution in [-0.2, 0) is 7.05 Å². The molecule has 0 spiro atoms. The lowest BCUT2D eigenvalue weighted by Crippen LogP contribution is -2.17. The first-order valence-electron chi connectivity index (χ1n) is 6.44. The van der Waals surface area contributed by atoms with Gasteiger partial charge in [-0.05, 0) is 24.6 Å². The van der Waals surface area contributed by atoms with Gasteiger partial charge in [-0.2, -0.15) is 5.10 Å². The number of carbonyl (C=O) groups excluding carboxylic acids is 1. The molecule has 0 aliphatic carbocycles. The second kappa shape index (κ2) is 5.58. The Kier molecular flexibility index (Phi) is 3.76. The molecule has 0 fully saturated rings. The van der Waals surface area contributed by atoms with Crippen LogP contribution < -0.4 is 10.1 Å². The first-order valence-corrected chi connectivity index (χ1v) is 7.63. The summed E-state index contributed by atoms with van der Waals surface area (Å²) in [7, 11) is 3.29. The van der Waals surface area contributed by atoms with E-state index in [1.54, 1.807) is 32.5 Å². The molecule has 22 heavy (non-hydrogen) atoms. The number of rotatable bonds is 3. The Bertz CT molecular complexity index is 852. The zero-order chi connectivity index (χ0) is 15.9. The van der Waals surface area contributed by atoms with Gasteiger partial charge >= 0.3 is 0 Å². The Morgan fingerprint density at radius 3 is 2.86 bits per heavy atom. The second-order valence-corrected chi connectivity index (χ2v) is 6.11. The van der Waals surface area contributed by atoms with E-state index in [1.807, 2.05) is 6.92 Å². The average molecular weight is 337 g/mol. The average Bonchev–Trinajstić information content (AvgIpc) is 3.04. The van der Waals surface area contributed by atoms with Gasteiger partial charge in [-0.15, -0.1) is 0 Å². The molecule has 0 aliphatic rings. The number of aromatic nitrogens is 3. The number of methoxy groups -OCH3 is 1. The summed E-state index contributed by atoms with van der Waals surface area (Å²) in [5, 5.41) is 7.89. The molecule has 0 saturated carbocycles. The van der Waals surface area contributed by atoms with Crippen molar-refractivity contribution >= 4 is 44.2 Å². The number of hydrogen-bond donors (Lipinski definition) is 1. The highest BCUT2D eigenvalue weighted by molar-refractivity contribution is 7.23. The van der Waals surface area contributed by atoms with Crippen LogP contribution in [0, 0.1) is 6.92 Å². The molecule has 0 unspecified atom stereocenters. The monoisotopic (exact) mass is 336 g/mol. The van der Waals surface area contributed by atoms with Crippen LogP contribution in [0.25, 0.3) is 10.2 Å².